The predicted octanol–water partition coefficient (Wildman–Crippen LogP) is 10.6. The molecular formula is C46H75N7O10. The summed E-state index contributed by atoms with van der Waals surface area (Å²) in [5, 5.41) is 12.8. The van der Waals surface area contributed by atoms with E-state index in [1.54, 1.807) is 111 Å². The van der Waals surface area contributed by atoms with Crippen LogP contribution in [-0.2, 0) is 23.7 Å². The zero-order valence-corrected chi connectivity index (χ0v) is 40.7. The van der Waals surface area contributed by atoms with Crippen LogP contribution in [0.25, 0.3) is 6.08 Å². The Morgan fingerprint density at radius 2 is 1.03 bits per heavy atom. The maximum Gasteiger partial charge on any atom is 0.437 e. The van der Waals surface area contributed by atoms with E-state index >= 15 is 0 Å². The zero-order valence-electron chi connectivity index (χ0n) is 40.7. The molecule has 63 heavy (non-hydrogen) atoms. The number of amides is 5. The Morgan fingerprint density at radius 3 is 1.48 bits per heavy atom. The number of carbonyl (C=O) groups excluding carboxylic acids is 5. The van der Waals surface area contributed by atoms with Gasteiger partial charge in [0.2, 0.25) is 11.9 Å². The van der Waals surface area contributed by atoms with E-state index in [4.69, 9.17) is 29.1 Å². The molecule has 0 heterocycles. The lowest BCUT2D eigenvalue weighted by Gasteiger charge is -2.34. The maximum atomic E-state index is 14.0. The standard InChI is InChI=1S/C46H75N7O10/c1-32(47)34-27-25-33(26-28-34)24-20-23-31-53(41(58)63-46(14,15)16)36(51-39(56)61-44(8,9)10)52(40(57)62-45(11,12)13)30-22-19-17-18-21-29-48-35(49-37(54)59-42(2,3)4)50-38(55)60-43(5,6)7/h20,24-28,47H,17-19,21-23,29-31H2,1-16H3,(H2,48,49,50,54,55). The van der Waals surface area contributed by atoms with Gasteiger partial charge in [0.1, 0.15) is 28.0 Å². The summed E-state index contributed by atoms with van der Waals surface area (Å²) in [6.45, 7) is 27.5. The number of hydrogen-bond donors (Lipinski definition) is 3. The molecule has 1 rings (SSSR count). The third-order valence-electron chi connectivity index (χ3n) is 7.52. The molecule has 0 atom stereocenters. The van der Waals surface area contributed by atoms with Crippen molar-refractivity contribution in [3.63, 3.8) is 0 Å². The topological polar surface area (TPSA) is 211 Å². The third-order valence-corrected chi connectivity index (χ3v) is 7.52. The fraction of sp³-hybridized carbons (Fsp3) is 0.652. The SMILES string of the molecule is CC(=N)c1ccc(C=CCCN(C(=O)OC(C)(C)C)C(=NC(=O)OC(C)(C)C)N(CCCCCCCN=C(NC(=O)OC(C)(C)C)NC(=O)OC(C)(C)C)C(=O)OC(C)(C)C)cc1. The van der Waals surface area contributed by atoms with Crippen LogP contribution in [0, 0.1) is 5.41 Å². The Balaban J connectivity index is 3.40. The second-order valence-electron chi connectivity index (χ2n) is 19.8. The molecule has 17 nitrogen and oxygen atoms in total. The highest BCUT2D eigenvalue weighted by Crippen LogP contribution is 2.19. The average Bonchev–Trinajstić information content (AvgIpc) is 3.06. The van der Waals surface area contributed by atoms with Gasteiger partial charge in [-0.1, -0.05) is 55.7 Å². The van der Waals surface area contributed by atoms with E-state index in [0.29, 0.717) is 37.8 Å². The molecule has 354 valence electrons. The van der Waals surface area contributed by atoms with Gasteiger partial charge in [-0.05, 0) is 141 Å². The van der Waals surface area contributed by atoms with Crippen LogP contribution in [0.5, 0.6) is 0 Å². The second-order valence-corrected chi connectivity index (χ2v) is 19.8. The molecule has 1 aromatic carbocycles. The van der Waals surface area contributed by atoms with Crippen molar-refractivity contribution in [1.29, 1.82) is 5.41 Å². The quantitative estimate of drug-likeness (QED) is 0.0738. The minimum atomic E-state index is -1.01. The summed E-state index contributed by atoms with van der Waals surface area (Å²) >= 11 is 0. The number of rotatable bonds is 13. The number of benzene rings is 1. The van der Waals surface area contributed by atoms with E-state index < -0.39 is 58.5 Å². The van der Waals surface area contributed by atoms with Crippen LogP contribution in [0.15, 0.2) is 40.3 Å². The molecule has 0 aliphatic rings. The largest absolute Gasteiger partial charge is 0.444 e. The Hall–Kier alpha value is -5.48. The van der Waals surface area contributed by atoms with Crippen LogP contribution < -0.4 is 10.6 Å². The van der Waals surface area contributed by atoms with Crippen molar-refractivity contribution in [3.05, 3.63) is 41.5 Å². The first-order chi connectivity index (χ1) is 28.7. The van der Waals surface area contributed by atoms with Gasteiger partial charge >= 0.3 is 30.5 Å². The molecule has 0 spiro atoms. The van der Waals surface area contributed by atoms with E-state index in [1.807, 2.05) is 36.4 Å². The molecule has 5 amide bonds. The second kappa shape index (κ2) is 24.4. The van der Waals surface area contributed by atoms with Gasteiger partial charge in [-0.3, -0.25) is 15.6 Å². The average molecular weight is 886 g/mol. The Labute approximate surface area is 375 Å². The number of nitrogens with zero attached hydrogens (tertiary/aromatic N) is 4. The van der Waals surface area contributed by atoms with Gasteiger partial charge in [0.05, 0.1) is 0 Å². The molecule has 0 unspecified atom stereocenters. The molecule has 0 saturated carbocycles. The summed E-state index contributed by atoms with van der Waals surface area (Å²) in [5.41, 5.74) is -2.22. The van der Waals surface area contributed by atoms with Gasteiger partial charge in [-0.25, -0.2) is 33.8 Å². The minimum absolute atomic E-state index is 0.0202. The Bertz CT molecular complexity index is 1760. The molecule has 0 saturated heterocycles. The molecule has 0 fully saturated rings. The van der Waals surface area contributed by atoms with Crippen LogP contribution in [0.3, 0.4) is 0 Å². The normalized spacial score (nSPS) is 12.5. The smallest absolute Gasteiger partial charge is 0.437 e. The molecule has 3 N–H and O–H groups in total. The van der Waals surface area contributed by atoms with Crippen LogP contribution in [0.4, 0.5) is 24.0 Å². The van der Waals surface area contributed by atoms with Crippen LogP contribution >= 0.6 is 0 Å². The van der Waals surface area contributed by atoms with E-state index in [1.165, 1.54) is 4.90 Å². The lowest BCUT2D eigenvalue weighted by atomic mass is 10.1. The van der Waals surface area contributed by atoms with Gasteiger partial charge in [0.25, 0.3) is 0 Å². The van der Waals surface area contributed by atoms with Gasteiger partial charge in [-0.2, -0.15) is 0 Å². The summed E-state index contributed by atoms with van der Waals surface area (Å²) in [4.78, 5) is 77.2. The first kappa shape index (κ1) is 55.5. The van der Waals surface area contributed by atoms with Crippen molar-refractivity contribution in [1.82, 2.24) is 20.4 Å². The maximum absolute atomic E-state index is 14.0. The highest BCUT2D eigenvalue weighted by Gasteiger charge is 2.35. The van der Waals surface area contributed by atoms with Crippen molar-refractivity contribution in [3.8, 4) is 0 Å². The number of hydrogen-bond acceptors (Lipinski definition) is 12. The van der Waals surface area contributed by atoms with E-state index in [0.717, 1.165) is 16.0 Å². The number of ether oxygens (including phenoxy) is 5. The van der Waals surface area contributed by atoms with E-state index in [2.05, 4.69) is 20.6 Å². The van der Waals surface area contributed by atoms with Gasteiger partial charge in [-0.15, -0.1) is 4.99 Å². The summed E-state index contributed by atoms with van der Waals surface area (Å²) in [5.74, 6) is -0.412. The van der Waals surface area contributed by atoms with Gasteiger partial charge in [0.15, 0.2) is 0 Å². The highest BCUT2D eigenvalue weighted by molar-refractivity contribution is 6.05. The minimum Gasteiger partial charge on any atom is -0.444 e. The fourth-order valence-corrected chi connectivity index (χ4v) is 5.09. The van der Waals surface area contributed by atoms with E-state index in [-0.39, 0.29) is 38.0 Å². The fourth-order valence-electron chi connectivity index (χ4n) is 5.09. The first-order valence-corrected chi connectivity index (χ1v) is 21.4. The predicted molar refractivity (Wildman–Crippen MR) is 246 cm³/mol. The van der Waals surface area contributed by atoms with Crippen molar-refractivity contribution in [2.24, 2.45) is 9.98 Å². The highest BCUT2D eigenvalue weighted by atomic mass is 16.6. The molecular weight excluding hydrogens is 811 g/mol. The number of guanidine groups is 2. The lowest BCUT2D eigenvalue weighted by molar-refractivity contribution is 0.0273. The molecule has 0 aliphatic heterocycles. The molecule has 1 aromatic rings. The molecule has 0 bridgehead atoms. The number of carbonyl (C=O) groups is 5. The Morgan fingerprint density at radius 1 is 0.603 bits per heavy atom. The van der Waals surface area contributed by atoms with Crippen molar-refractivity contribution >= 4 is 54.2 Å². The van der Waals surface area contributed by atoms with Gasteiger partial charge in [0, 0.05) is 25.3 Å². The zero-order chi connectivity index (χ0) is 48.4. The summed E-state index contributed by atoms with van der Waals surface area (Å²) in [6, 6.07) is 7.46. The van der Waals surface area contributed by atoms with Crippen molar-refractivity contribution in [2.75, 3.05) is 19.6 Å². The first-order valence-electron chi connectivity index (χ1n) is 21.4. The van der Waals surface area contributed by atoms with Crippen LogP contribution in [0.2, 0.25) is 0 Å². The monoisotopic (exact) mass is 886 g/mol. The van der Waals surface area contributed by atoms with Crippen molar-refractivity contribution < 1.29 is 47.7 Å². The molecule has 17 heteroatoms. The molecule has 0 aromatic heterocycles. The molecule has 0 radical (unpaired) electrons. The van der Waals surface area contributed by atoms with Crippen molar-refractivity contribution in [2.45, 2.75) is 177 Å². The number of aliphatic imine (C=N–C) groups is 2. The van der Waals surface area contributed by atoms with Crippen LogP contribution in [0.1, 0.15) is 160 Å². The number of nitrogens with one attached hydrogen (secondary N) is 3. The van der Waals surface area contributed by atoms with Gasteiger partial charge < -0.3 is 29.1 Å². The third kappa shape index (κ3) is 26.6. The number of alkyl carbamates (subject to hydrolysis) is 2. The Kier molecular flexibility index (Phi) is 21.5. The summed E-state index contributed by atoms with van der Waals surface area (Å²) in [6.07, 6.45) is 2.77. The molecule has 0 aliphatic carbocycles. The lowest BCUT2D eigenvalue weighted by Crippen LogP contribution is -2.53. The van der Waals surface area contributed by atoms with E-state index in [9.17, 15) is 24.0 Å². The summed E-state index contributed by atoms with van der Waals surface area (Å²) in [7, 11) is 0. The summed E-state index contributed by atoms with van der Waals surface area (Å²) < 4.78 is 27.7. The number of unbranched alkanes of at least 4 members (excludes halogenated alkanes) is 4. The van der Waals surface area contributed by atoms with Crippen LogP contribution in [-0.4, -0.2) is 106 Å².